The fourth-order valence-electron chi connectivity index (χ4n) is 4.11. The van der Waals surface area contributed by atoms with Crippen LogP contribution in [0.15, 0.2) is 60.7 Å². The van der Waals surface area contributed by atoms with Gasteiger partial charge in [0.1, 0.15) is 11.5 Å². The van der Waals surface area contributed by atoms with Crippen molar-refractivity contribution in [2.75, 3.05) is 33.2 Å². The number of amides is 2. The summed E-state index contributed by atoms with van der Waals surface area (Å²) in [6.07, 6.45) is 0.0265. The van der Waals surface area contributed by atoms with Gasteiger partial charge in [-0.05, 0) is 73.5 Å². The van der Waals surface area contributed by atoms with Crippen LogP contribution < -0.4 is 24.3 Å². The molecule has 3 aromatic carbocycles. The highest BCUT2D eigenvalue weighted by Gasteiger charge is 2.28. The first-order valence-corrected chi connectivity index (χ1v) is 11.7. The number of nitrogens with one attached hydrogen (secondary N) is 1. The Hall–Kier alpha value is -4.20. The molecule has 0 radical (unpaired) electrons. The first-order chi connectivity index (χ1) is 17.4. The number of methoxy groups -OCH3 is 3. The molecule has 0 aliphatic carbocycles. The van der Waals surface area contributed by atoms with Gasteiger partial charge in [-0.15, -0.1) is 0 Å². The lowest BCUT2D eigenvalue weighted by Gasteiger charge is -2.22. The first-order valence-electron chi connectivity index (χ1n) is 11.7. The highest BCUT2D eigenvalue weighted by Crippen LogP contribution is 2.30. The average molecular weight is 491 g/mol. The number of hydrogen-bond acceptors (Lipinski definition) is 6. The third-order valence-electron chi connectivity index (χ3n) is 6.11. The quantitative estimate of drug-likeness (QED) is 0.506. The highest BCUT2D eigenvalue weighted by molar-refractivity contribution is 6.04. The molecule has 0 aromatic heterocycles. The SMILES string of the molecule is COc1ccc(C(=O)Nc2ccc3c(c2)CN(CCc2ccc(OC)c(OC)c2)C(=O)C(C)O3)cc1. The van der Waals surface area contributed by atoms with E-state index < -0.39 is 6.10 Å². The maximum Gasteiger partial charge on any atom is 0.263 e. The van der Waals surface area contributed by atoms with Gasteiger partial charge in [-0.3, -0.25) is 9.59 Å². The summed E-state index contributed by atoms with van der Waals surface area (Å²) in [6, 6.07) is 18.0. The fraction of sp³-hybridized carbons (Fsp3) is 0.286. The lowest BCUT2D eigenvalue weighted by molar-refractivity contribution is -0.137. The molecule has 0 bridgehead atoms. The molecule has 8 nitrogen and oxygen atoms in total. The molecule has 0 spiro atoms. The fourth-order valence-corrected chi connectivity index (χ4v) is 4.11. The minimum atomic E-state index is -0.614. The van der Waals surface area contributed by atoms with Gasteiger partial charge in [0.25, 0.3) is 11.8 Å². The minimum Gasteiger partial charge on any atom is -0.497 e. The molecule has 1 aliphatic heterocycles. The summed E-state index contributed by atoms with van der Waals surface area (Å²) < 4.78 is 21.8. The van der Waals surface area contributed by atoms with Crippen LogP contribution in [0.4, 0.5) is 5.69 Å². The monoisotopic (exact) mass is 490 g/mol. The summed E-state index contributed by atoms with van der Waals surface area (Å²) in [7, 11) is 4.77. The summed E-state index contributed by atoms with van der Waals surface area (Å²) in [5.41, 5.74) is 2.99. The molecule has 1 aliphatic rings. The van der Waals surface area contributed by atoms with Crippen LogP contribution in [-0.4, -0.2) is 50.7 Å². The van der Waals surface area contributed by atoms with Crippen LogP contribution in [0.2, 0.25) is 0 Å². The van der Waals surface area contributed by atoms with E-state index in [2.05, 4.69) is 5.32 Å². The number of benzene rings is 3. The normalized spacial score (nSPS) is 14.8. The third kappa shape index (κ3) is 5.54. The maximum atomic E-state index is 13.0. The van der Waals surface area contributed by atoms with Crippen molar-refractivity contribution in [2.24, 2.45) is 0 Å². The van der Waals surface area contributed by atoms with E-state index in [-0.39, 0.29) is 11.8 Å². The van der Waals surface area contributed by atoms with Crippen LogP contribution in [0.5, 0.6) is 23.0 Å². The Kier molecular flexibility index (Phi) is 7.63. The van der Waals surface area contributed by atoms with Crippen LogP contribution in [0.1, 0.15) is 28.4 Å². The van der Waals surface area contributed by atoms with Gasteiger partial charge < -0.3 is 29.2 Å². The molecular formula is C28H30N2O6. The summed E-state index contributed by atoms with van der Waals surface area (Å²) in [5, 5.41) is 2.92. The Morgan fingerprint density at radius 1 is 0.972 bits per heavy atom. The number of fused-ring (bicyclic) bond motifs is 1. The summed E-state index contributed by atoms with van der Waals surface area (Å²) in [5.74, 6) is 2.30. The topological polar surface area (TPSA) is 86.3 Å². The third-order valence-corrected chi connectivity index (χ3v) is 6.11. The van der Waals surface area contributed by atoms with Gasteiger partial charge in [-0.1, -0.05) is 6.07 Å². The summed E-state index contributed by atoms with van der Waals surface area (Å²) in [4.78, 5) is 27.5. The Bertz CT molecular complexity index is 1240. The average Bonchev–Trinajstić information content (AvgIpc) is 3.02. The van der Waals surface area contributed by atoms with Gasteiger partial charge in [0.05, 0.1) is 21.3 Å². The molecule has 0 saturated carbocycles. The standard InChI is InChI=1S/C28H30N2O6/c1-18-28(32)30(14-13-19-5-11-25(34-3)26(15-19)35-4)17-21-16-22(8-12-24(21)36-18)29-27(31)20-6-9-23(33-2)10-7-20/h5-12,15-16,18H,13-14,17H2,1-4H3,(H,29,31). The Morgan fingerprint density at radius 2 is 1.72 bits per heavy atom. The second kappa shape index (κ2) is 11.0. The molecule has 1 unspecified atom stereocenters. The van der Waals surface area contributed by atoms with Crippen molar-refractivity contribution < 1.29 is 28.5 Å². The van der Waals surface area contributed by atoms with E-state index in [4.69, 9.17) is 18.9 Å². The Balaban J connectivity index is 1.49. The van der Waals surface area contributed by atoms with Crippen molar-refractivity contribution in [3.63, 3.8) is 0 Å². The predicted molar refractivity (Wildman–Crippen MR) is 136 cm³/mol. The van der Waals surface area contributed by atoms with Gasteiger partial charge >= 0.3 is 0 Å². The number of carbonyl (C=O) groups excluding carboxylic acids is 2. The zero-order valence-corrected chi connectivity index (χ0v) is 20.9. The van der Waals surface area contributed by atoms with Crippen molar-refractivity contribution in [1.82, 2.24) is 4.90 Å². The first kappa shape index (κ1) is 24.9. The van der Waals surface area contributed by atoms with Crippen molar-refractivity contribution >= 4 is 17.5 Å². The van der Waals surface area contributed by atoms with Crippen LogP contribution in [-0.2, 0) is 17.8 Å². The zero-order valence-electron chi connectivity index (χ0n) is 20.9. The molecule has 36 heavy (non-hydrogen) atoms. The van der Waals surface area contributed by atoms with E-state index in [0.717, 1.165) is 11.1 Å². The number of rotatable bonds is 8. The van der Waals surface area contributed by atoms with Gasteiger partial charge in [0.15, 0.2) is 17.6 Å². The second-order valence-corrected chi connectivity index (χ2v) is 8.46. The summed E-state index contributed by atoms with van der Waals surface area (Å²) >= 11 is 0. The van der Waals surface area contributed by atoms with Crippen molar-refractivity contribution in [3.8, 4) is 23.0 Å². The van der Waals surface area contributed by atoms with Crippen LogP contribution in [0.3, 0.4) is 0 Å². The van der Waals surface area contributed by atoms with Gasteiger partial charge in [0.2, 0.25) is 0 Å². The van der Waals surface area contributed by atoms with E-state index in [1.165, 1.54) is 0 Å². The molecule has 2 amide bonds. The van der Waals surface area contributed by atoms with E-state index in [1.807, 2.05) is 24.3 Å². The number of carbonyl (C=O) groups is 2. The molecule has 3 aromatic rings. The molecule has 1 atom stereocenters. The van der Waals surface area contributed by atoms with Crippen LogP contribution in [0.25, 0.3) is 0 Å². The van der Waals surface area contributed by atoms with Gasteiger partial charge in [-0.2, -0.15) is 0 Å². The van der Waals surface area contributed by atoms with Crippen molar-refractivity contribution in [3.05, 3.63) is 77.4 Å². The van der Waals surface area contributed by atoms with Gasteiger partial charge in [0, 0.05) is 29.9 Å². The molecule has 188 valence electrons. The Morgan fingerprint density at radius 3 is 2.42 bits per heavy atom. The maximum absolute atomic E-state index is 13.0. The van der Waals surface area contributed by atoms with E-state index in [0.29, 0.717) is 53.8 Å². The smallest absolute Gasteiger partial charge is 0.263 e. The van der Waals surface area contributed by atoms with Crippen molar-refractivity contribution in [1.29, 1.82) is 0 Å². The van der Waals surface area contributed by atoms with Gasteiger partial charge in [-0.25, -0.2) is 0 Å². The second-order valence-electron chi connectivity index (χ2n) is 8.46. The zero-order chi connectivity index (χ0) is 25.7. The molecular weight excluding hydrogens is 460 g/mol. The van der Waals surface area contributed by atoms with E-state index in [1.54, 1.807) is 69.6 Å². The van der Waals surface area contributed by atoms with E-state index in [9.17, 15) is 9.59 Å². The molecule has 4 rings (SSSR count). The molecule has 1 N–H and O–H groups in total. The molecule has 0 fully saturated rings. The number of hydrogen-bond donors (Lipinski definition) is 1. The minimum absolute atomic E-state index is 0.0875. The summed E-state index contributed by atoms with van der Waals surface area (Å²) in [6.45, 7) is 2.63. The number of anilines is 1. The molecule has 0 saturated heterocycles. The molecule has 8 heteroatoms. The van der Waals surface area contributed by atoms with E-state index >= 15 is 0 Å². The lowest BCUT2D eigenvalue weighted by atomic mass is 10.1. The molecule has 1 heterocycles. The Labute approximate surface area is 210 Å². The number of ether oxygens (including phenoxy) is 4. The highest BCUT2D eigenvalue weighted by atomic mass is 16.5. The predicted octanol–water partition coefficient (Wildman–Crippen LogP) is 4.32. The lowest BCUT2D eigenvalue weighted by Crippen LogP contribution is -2.39. The van der Waals surface area contributed by atoms with Crippen molar-refractivity contribution in [2.45, 2.75) is 26.0 Å². The van der Waals surface area contributed by atoms with Crippen LogP contribution >= 0.6 is 0 Å². The van der Waals surface area contributed by atoms with Crippen LogP contribution in [0, 0.1) is 0 Å². The number of nitrogens with zero attached hydrogens (tertiary/aromatic N) is 1. The largest absolute Gasteiger partial charge is 0.497 e.